The number of allylic oxidation sites excluding steroid dienone is 1. The van der Waals surface area contributed by atoms with Crippen LogP contribution in [0, 0.1) is 0 Å². The Bertz CT molecular complexity index is 463. The van der Waals surface area contributed by atoms with Crippen molar-refractivity contribution in [2.24, 2.45) is 7.05 Å². The van der Waals surface area contributed by atoms with Crippen molar-refractivity contribution in [3.05, 3.63) is 46.9 Å². The molecule has 0 radical (unpaired) electrons. The van der Waals surface area contributed by atoms with E-state index >= 15 is 0 Å². The zero-order valence-corrected chi connectivity index (χ0v) is 10.3. The van der Waals surface area contributed by atoms with Gasteiger partial charge in [0.15, 0.2) is 0 Å². The van der Waals surface area contributed by atoms with E-state index in [1.807, 2.05) is 6.08 Å². The number of nitrogens with zero attached hydrogens (tertiary/aromatic N) is 2. The largest absolute Gasteiger partial charge is 0.342 e. The average Bonchev–Trinajstić information content (AvgIpc) is 2.32. The molecule has 0 unspecified atom stereocenters. The van der Waals surface area contributed by atoms with Gasteiger partial charge in [0.1, 0.15) is 0 Å². The molecule has 0 aliphatic heterocycles. The van der Waals surface area contributed by atoms with Gasteiger partial charge in [-0.25, -0.2) is 0 Å². The summed E-state index contributed by atoms with van der Waals surface area (Å²) in [5, 5.41) is 0. The van der Waals surface area contributed by atoms with Crippen LogP contribution < -0.4 is 5.56 Å². The molecule has 0 saturated carbocycles. The molecule has 0 spiro atoms. The van der Waals surface area contributed by atoms with Crippen LogP contribution in [0.2, 0.25) is 0 Å². The van der Waals surface area contributed by atoms with Gasteiger partial charge in [-0.2, -0.15) is 0 Å². The second kappa shape index (κ2) is 6.03. The van der Waals surface area contributed by atoms with E-state index in [0.29, 0.717) is 12.1 Å². The highest BCUT2D eigenvalue weighted by Crippen LogP contribution is 2.02. The van der Waals surface area contributed by atoms with E-state index < -0.39 is 0 Å². The van der Waals surface area contributed by atoms with Gasteiger partial charge >= 0.3 is 0 Å². The predicted octanol–water partition coefficient (Wildman–Crippen LogP) is 1.42. The molecular weight excluding hydrogens is 216 g/mol. The van der Waals surface area contributed by atoms with E-state index in [4.69, 9.17) is 0 Å². The van der Waals surface area contributed by atoms with Crippen molar-refractivity contribution in [3.8, 4) is 0 Å². The lowest BCUT2D eigenvalue weighted by Crippen LogP contribution is -2.29. The van der Waals surface area contributed by atoms with Crippen LogP contribution in [0.5, 0.6) is 0 Å². The van der Waals surface area contributed by atoms with Crippen LogP contribution in [0.3, 0.4) is 0 Å². The Morgan fingerprint density at radius 2 is 2.29 bits per heavy atom. The van der Waals surface area contributed by atoms with Crippen molar-refractivity contribution in [3.63, 3.8) is 0 Å². The molecule has 0 saturated heterocycles. The van der Waals surface area contributed by atoms with Crippen LogP contribution in [-0.4, -0.2) is 29.0 Å². The molecule has 0 aromatic carbocycles. The molecule has 4 heteroatoms. The molecule has 0 aliphatic carbocycles. The van der Waals surface area contributed by atoms with Crippen molar-refractivity contribution < 1.29 is 4.79 Å². The molecule has 0 bridgehead atoms. The molecule has 1 amide bonds. The van der Waals surface area contributed by atoms with Crippen LogP contribution in [0.4, 0.5) is 0 Å². The third kappa shape index (κ3) is 3.59. The van der Waals surface area contributed by atoms with Crippen molar-refractivity contribution in [1.29, 1.82) is 0 Å². The number of hydrogen-bond donors (Lipinski definition) is 0. The highest BCUT2D eigenvalue weighted by Gasteiger charge is 2.11. The Kier molecular flexibility index (Phi) is 4.69. The Morgan fingerprint density at radius 3 is 2.88 bits per heavy atom. The van der Waals surface area contributed by atoms with E-state index in [2.05, 4.69) is 6.58 Å². The third-order valence-corrected chi connectivity index (χ3v) is 2.60. The fraction of sp³-hybridized carbons (Fsp3) is 0.385. The van der Waals surface area contributed by atoms with Crippen LogP contribution in [0.25, 0.3) is 0 Å². The molecule has 1 heterocycles. The van der Waals surface area contributed by atoms with Gasteiger partial charge in [0, 0.05) is 38.5 Å². The summed E-state index contributed by atoms with van der Waals surface area (Å²) < 4.78 is 1.44. The van der Waals surface area contributed by atoms with E-state index in [0.717, 1.165) is 12.8 Å². The predicted molar refractivity (Wildman–Crippen MR) is 68.1 cm³/mol. The molecule has 17 heavy (non-hydrogen) atoms. The number of carbonyl (C=O) groups is 1. The molecule has 1 aromatic heterocycles. The van der Waals surface area contributed by atoms with Gasteiger partial charge in [-0.3, -0.25) is 9.59 Å². The van der Waals surface area contributed by atoms with Crippen molar-refractivity contribution in [2.75, 3.05) is 13.6 Å². The van der Waals surface area contributed by atoms with Crippen LogP contribution in [0.1, 0.15) is 23.2 Å². The Balaban J connectivity index is 2.71. The summed E-state index contributed by atoms with van der Waals surface area (Å²) in [6.07, 6.45) is 5.20. The lowest BCUT2D eigenvalue weighted by Gasteiger charge is -2.16. The summed E-state index contributed by atoms with van der Waals surface area (Å²) >= 11 is 0. The van der Waals surface area contributed by atoms with Crippen LogP contribution in [0.15, 0.2) is 35.8 Å². The SMILES string of the molecule is C=CCCCN(C)C(=O)c1ccn(C)c(=O)c1. The smallest absolute Gasteiger partial charge is 0.253 e. The second-order valence-corrected chi connectivity index (χ2v) is 4.02. The van der Waals surface area contributed by atoms with Crippen molar-refractivity contribution in [1.82, 2.24) is 9.47 Å². The zero-order valence-electron chi connectivity index (χ0n) is 10.3. The van der Waals surface area contributed by atoms with Gasteiger partial charge in [-0.15, -0.1) is 6.58 Å². The molecule has 0 atom stereocenters. The molecule has 0 fully saturated rings. The second-order valence-electron chi connectivity index (χ2n) is 4.02. The number of aryl methyl sites for hydroxylation is 1. The van der Waals surface area contributed by atoms with E-state index in [-0.39, 0.29) is 11.5 Å². The average molecular weight is 234 g/mol. The van der Waals surface area contributed by atoms with Crippen LogP contribution >= 0.6 is 0 Å². The van der Waals surface area contributed by atoms with Gasteiger partial charge < -0.3 is 9.47 Å². The minimum absolute atomic E-state index is 0.119. The molecule has 4 nitrogen and oxygen atoms in total. The molecule has 1 rings (SSSR count). The zero-order chi connectivity index (χ0) is 12.8. The molecule has 92 valence electrons. The first kappa shape index (κ1) is 13.2. The topological polar surface area (TPSA) is 42.3 Å². The first-order chi connectivity index (χ1) is 8.06. The van der Waals surface area contributed by atoms with E-state index in [1.54, 1.807) is 31.3 Å². The van der Waals surface area contributed by atoms with Gasteiger partial charge in [0.2, 0.25) is 0 Å². The normalized spacial score (nSPS) is 10.0. The molecule has 0 N–H and O–H groups in total. The Morgan fingerprint density at radius 1 is 1.59 bits per heavy atom. The van der Waals surface area contributed by atoms with Gasteiger partial charge in [-0.05, 0) is 18.9 Å². The number of pyridine rings is 1. The lowest BCUT2D eigenvalue weighted by atomic mass is 10.2. The van der Waals surface area contributed by atoms with Crippen molar-refractivity contribution in [2.45, 2.75) is 12.8 Å². The summed E-state index contributed by atoms with van der Waals surface area (Å²) in [5.41, 5.74) is 0.268. The summed E-state index contributed by atoms with van der Waals surface area (Å²) in [5.74, 6) is -0.119. The van der Waals surface area contributed by atoms with Gasteiger partial charge in [0.25, 0.3) is 11.5 Å². The monoisotopic (exact) mass is 234 g/mol. The number of aromatic nitrogens is 1. The maximum absolute atomic E-state index is 12.0. The fourth-order valence-electron chi connectivity index (χ4n) is 1.48. The Hall–Kier alpha value is -1.84. The number of rotatable bonds is 5. The maximum Gasteiger partial charge on any atom is 0.253 e. The molecule has 1 aromatic rings. The maximum atomic E-state index is 12.0. The minimum atomic E-state index is -0.171. The standard InChI is InChI=1S/C13H18N2O2/c1-4-5-6-8-15(3)13(17)11-7-9-14(2)12(16)10-11/h4,7,9-10H,1,5-6,8H2,2-3H3. The molecule has 0 aliphatic rings. The number of hydrogen-bond acceptors (Lipinski definition) is 2. The third-order valence-electron chi connectivity index (χ3n) is 2.60. The van der Waals surface area contributed by atoms with Gasteiger partial charge in [-0.1, -0.05) is 6.08 Å². The first-order valence-corrected chi connectivity index (χ1v) is 5.59. The Labute approximate surface area is 101 Å². The van der Waals surface area contributed by atoms with Gasteiger partial charge in [0.05, 0.1) is 0 Å². The first-order valence-electron chi connectivity index (χ1n) is 5.59. The summed E-state index contributed by atoms with van der Waals surface area (Å²) in [7, 11) is 3.40. The summed E-state index contributed by atoms with van der Waals surface area (Å²) in [6.45, 7) is 4.30. The molecular formula is C13H18N2O2. The number of unbranched alkanes of at least 4 members (excludes halogenated alkanes) is 1. The fourth-order valence-corrected chi connectivity index (χ4v) is 1.48. The summed E-state index contributed by atoms with van der Waals surface area (Å²) in [4.78, 5) is 25.0. The highest BCUT2D eigenvalue weighted by atomic mass is 16.2. The highest BCUT2D eigenvalue weighted by molar-refractivity contribution is 5.93. The quantitative estimate of drug-likeness (QED) is 0.571. The number of carbonyl (C=O) groups excluding carboxylic acids is 1. The minimum Gasteiger partial charge on any atom is -0.342 e. The number of amides is 1. The van der Waals surface area contributed by atoms with Crippen molar-refractivity contribution >= 4 is 5.91 Å². The lowest BCUT2D eigenvalue weighted by molar-refractivity contribution is 0.0793. The summed E-state index contributed by atoms with van der Waals surface area (Å²) in [6, 6.07) is 3.03. The van der Waals surface area contributed by atoms with E-state index in [1.165, 1.54) is 10.6 Å². The van der Waals surface area contributed by atoms with Crippen LogP contribution in [-0.2, 0) is 7.05 Å². The van der Waals surface area contributed by atoms with E-state index in [9.17, 15) is 9.59 Å².